The Bertz CT molecular complexity index is 405. The fourth-order valence-corrected chi connectivity index (χ4v) is 3.70. The van der Waals surface area contributed by atoms with Crippen LogP contribution in [-0.4, -0.2) is 47.6 Å². The molecule has 0 bridgehead atoms. The maximum absolute atomic E-state index is 3.71. The molecule has 1 N–H and O–H groups in total. The zero-order chi connectivity index (χ0) is 15.1. The smallest absolute Gasteiger partial charge is 0.0261 e. The van der Waals surface area contributed by atoms with E-state index in [2.05, 4.69) is 73.1 Å². The van der Waals surface area contributed by atoms with Crippen molar-refractivity contribution >= 4 is 11.8 Å². The Morgan fingerprint density at radius 2 is 2.05 bits per heavy atom. The Morgan fingerprint density at radius 1 is 1.29 bits per heavy atom. The average molecular weight is 307 g/mol. The van der Waals surface area contributed by atoms with Gasteiger partial charge in [0.05, 0.1) is 0 Å². The number of hydrogen-bond donors (Lipinski definition) is 1. The molecule has 0 aromatic heterocycles. The zero-order valence-electron chi connectivity index (χ0n) is 13.8. The third-order valence-corrected chi connectivity index (χ3v) is 5.17. The largest absolute Gasteiger partial charge is 0.309 e. The Morgan fingerprint density at radius 3 is 2.76 bits per heavy atom. The van der Waals surface area contributed by atoms with E-state index in [1.54, 1.807) is 0 Å². The molecular weight excluding hydrogens is 276 g/mol. The van der Waals surface area contributed by atoms with Gasteiger partial charge in [0.1, 0.15) is 0 Å². The summed E-state index contributed by atoms with van der Waals surface area (Å²) in [6, 6.07) is 11.5. The number of rotatable bonds is 7. The summed E-state index contributed by atoms with van der Waals surface area (Å²) >= 11 is 2.06. The van der Waals surface area contributed by atoms with Crippen LogP contribution in [-0.2, 0) is 6.42 Å². The molecule has 1 aliphatic heterocycles. The third-order valence-electron chi connectivity index (χ3n) is 4.18. The van der Waals surface area contributed by atoms with Crippen molar-refractivity contribution < 1.29 is 0 Å². The van der Waals surface area contributed by atoms with Gasteiger partial charge in [0.25, 0.3) is 0 Å². The van der Waals surface area contributed by atoms with Crippen LogP contribution in [0.2, 0.25) is 0 Å². The first-order valence-corrected chi connectivity index (χ1v) is 9.37. The van der Waals surface area contributed by atoms with Crippen LogP contribution in [0.5, 0.6) is 0 Å². The molecule has 1 heterocycles. The van der Waals surface area contributed by atoms with Gasteiger partial charge in [-0.25, -0.2) is 0 Å². The van der Waals surface area contributed by atoms with E-state index >= 15 is 0 Å². The standard InChI is InChI=1S/C18H30N2S/c1-4-21-12-8-11-20-15-18(2,3)19-14-17(20)13-16-9-6-5-7-10-16/h5-7,9-10,17,19H,4,8,11-15H2,1-3H3. The van der Waals surface area contributed by atoms with Crippen molar-refractivity contribution in [1.82, 2.24) is 10.2 Å². The molecular formula is C18H30N2S. The van der Waals surface area contributed by atoms with Gasteiger partial charge in [-0.3, -0.25) is 4.90 Å². The van der Waals surface area contributed by atoms with E-state index in [9.17, 15) is 0 Å². The molecule has 1 aliphatic rings. The van der Waals surface area contributed by atoms with E-state index in [1.807, 2.05) is 0 Å². The number of hydrogen-bond acceptors (Lipinski definition) is 3. The molecule has 2 rings (SSSR count). The first-order chi connectivity index (χ1) is 10.1. The Kier molecular flexibility index (Phi) is 6.59. The lowest BCUT2D eigenvalue weighted by molar-refractivity contribution is 0.0954. The maximum atomic E-state index is 3.71. The monoisotopic (exact) mass is 306 g/mol. The summed E-state index contributed by atoms with van der Waals surface area (Å²) in [5, 5.41) is 3.71. The minimum Gasteiger partial charge on any atom is -0.309 e. The molecule has 1 saturated heterocycles. The molecule has 0 aliphatic carbocycles. The molecule has 1 fully saturated rings. The van der Waals surface area contributed by atoms with Gasteiger partial charge >= 0.3 is 0 Å². The zero-order valence-corrected chi connectivity index (χ0v) is 14.6. The lowest BCUT2D eigenvalue weighted by atomic mass is 9.95. The molecule has 0 saturated carbocycles. The molecule has 21 heavy (non-hydrogen) atoms. The normalized spacial score (nSPS) is 22.3. The lowest BCUT2D eigenvalue weighted by Gasteiger charge is -2.45. The van der Waals surface area contributed by atoms with E-state index in [-0.39, 0.29) is 5.54 Å². The summed E-state index contributed by atoms with van der Waals surface area (Å²) in [7, 11) is 0. The van der Waals surface area contributed by atoms with Crippen LogP contribution in [0.1, 0.15) is 32.8 Å². The van der Waals surface area contributed by atoms with Crippen LogP contribution >= 0.6 is 11.8 Å². The van der Waals surface area contributed by atoms with Crippen LogP contribution < -0.4 is 5.32 Å². The van der Waals surface area contributed by atoms with Gasteiger partial charge in [-0.1, -0.05) is 37.3 Å². The molecule has 0 amide bonds. The number of nitrogens with one attached hydrogen (secondary N) is 1. The van der Waals surface area contributed by atoms with Crippen molar-refractivity contribution in [3.05, 3.63) is 35.9 Å². The maximum Gasteiger partial charge on any atom is 0.0261 e. The Hall–Kier alpha value is -0.510. The quantitative estimate of drug-likeness (QED) is 0.777. The van der Waals surface area contributed by atoms with Crippen molar-refractivity contribution in [2.45, 2.75) is 45.2 Å². The van der Waals surface area contributed by atoms with E-state index in [0.29, 0.717) is 6.04 Å². The van der Waals surface area contributed by atoms with Gasteiger partial charge in [0.2, 0.25) is 0 Å². The van der Waals surface area contributed by atoms with E-state index in [1.165, 1.54) is 30.0 Å². The predicted molar refractivity (Wildman–Crippen MR) is 95.2 cm³/mol. The Labute approximate surface area is 134 Å². The van der Waals surface area contributed by atoms with Gasteiger partial charge in [-0.05, 0) is 50.3 Å². The van der Waals surface area contributed by atoms with Crippen LogP contribution in [0.3, 0.4) is 0 Å². The molecule has 1 aromatic rings. The third kappa shape index (κ3) is 5.65. The van der Waals surface area contributed by atoms with Gasteiger partial charge in [-0.15, -0.1) is 0 Å². The van der Waals surface area contributed by atoms with Crippen molar-refractivity contribution in [2.75, 3.05) is 31.1 Å². The highest BCUT2D eigenvalue weighted by molar-refractivity contribution is 7.99. The predicted octanol–water partition coefficient (Wildman–Crippen LogP) is 3.42. The average Bonchev–Trinajstić information content (AvgIpc) is 2.47. The van der Waals surface area contributed by atoms with Crippen molar-refractivity contribution in [2.24, 2.45) is 0 Å². The highest BCUT2D eigenvalue weighted by atomic mass is 32.2. The highest BCUT2D eigenvalue weighted by Gasteiger charge is 2.31. The lowest BCUT2D eigenvalue weighted by Crippen LogP contribution is -2.62. The fourth-order valence-electron chi connectivity index (χ4n) is 3.08. The van der Waals surface area contributed by atoms with Gasteiger partial charge in [0, 0.05) is 24.7 Å². The molecule has 1 aromatic carbocycles. The highest BCUT2D eigenvalue weighted by Crippen LogP contribution is 2.19. The van der Waals surface area contributed by atoms with Gasteiger partial charge in [0.15, 0.2) is 0 Å². The topological polar surface area (TPSA) is 15.3 Å². The summed E-state index contributed by atoms with van der Waals surface area (Å²) in [6.07, 6.45) is 2.46. The molecule has 1 atom stereocenters. The second-order valence-corrected chi connectivity index (χ2v) is 8.02. The Balaban J connectivity index is 1.92. The van der Waals surface area contributed by atoms with Gasteiger partial charge in [-0.2, -0.15) is 11.8 Å². The summed E-state index contributed by atoms with van der Waals surface area (Å²) < 4.78 is 0. The number of piperazine rings is 1. The molecule has 0 spiro atoms. The van der Waals surface area contributed by atoms with Crippen LogP contribution in [0.4, 0.5) is 0 Å². The van der Waals surface area contributed by atoms with Gasteiger partial charge < -0.3 is 5.32 Å². The first kappa shape index (κ1) is 16.9. The second-order valence-electron chi connectivity index (χ2n) is 6.63. The van der Waals surface area contributed by atoms with Crippen molar-refractivity contribution in [3.63, 3.8) is 0 Å². The summed E-state index contributed by atoms with van der Waals surface area (Å²) in [5.74, 6) is 2.53. The second kappa shape index (κ2) is 8.21. The minimum absolute atomic E-state index is 0.241. The summed E-state index contributed by atoms with van der Waals surface area (Å²) in [4.78, 5) is 2.71. The molecule has 118 valence electrons. The van der Waals surface area contributed by atoms with Crippen molar-refractivity contribution in [3.8, 4) is 0 Å². The summed E-state index contributed by atoms with van der Waals surface area (Å²) in [6.45, 7) is 10.4. The van der Waals surface area contributed by atoms with E-state index < -0.39 is 0 Å². The first-order valence-electron chi connectivity index (χ1n) is 8.21. The SMILES string of the molecule is CCSCCCN1CC(C)(C)NCC1Cc1ccccc1. The van der Waals surface area contributed by atoms with E-state index in [0.717, 1.165) is 19.5 Å². The van der Waals surface area contributed by atoms with Crippen molar-refractivity contribution in [1.29, 1.82) is 0 Å². The number of nitrogens with zero attached hydrogens (tertiary/aromatic N) is 1. The molecule has 1 unspecified atom stereocenters. The van der Waals surface area contributed by atoms with Crippen LogP contribution in [0.25, 0.3) is 0 Å². The molecule has 0 radical (unpaired) electrons. The number of benzene rings is 1. The van der Waals surface area contributed by atoms with Crippen LogP contribution in [0.15, 0.2) is 30.3 Å². The van der Waals surface area contributed by atoms with Crippen LogP contribution in [0, 0.1) is 0 Å². The fraction of sp³-hybridized carbons (Fsp3) is 0.667. The summed E-state index contributed by atoms with van der Waals surface area (Å²) in [5.41, 5.74) is 1.70. The van der Waals surface area contributed by atoms with E-state index in [4.69, 9.17) is 0 Å². The number of thioether (sulfide) groups is 1. The molecule has 3 heteroatoms. The molecule has 2 nitrogen and oxygen atoms in total. The minimum atomic E-state index is 0.241.